The third-order valence-corrected chi connectivity index (χ3v) is 10.3. The third kappa shape index (κ3) is 7.89. The van der Waals surface area contributed by atoms with Crippen molar-refractivity contribution in [3.05, 3.63) is 35.9 Å². The van der Waals surface area contributed by atoms with Crippen molar-refractivity contribution in [2.75, 3.05) is 14.2 Å². The molecule has 6 rings (SSSR count). The van der Waals surface area contributed by atoms with E-state index in [1.54, 1.807) is 0 Å². The fourth-order valence-corrected chi connectivity index (χ4v) is 8.18. The monoisotopic (exact) mass is 696 g/mol. The van der Waals surface area contributed by atoms with E-state index in [1.165, 1.54) is 38.7 Å². The van der Waals surface area contributed by atoms with Crippen molar-refractivity contribution in [2.45, 2.75) is 90.5 Å². The number of aromatic hydroxyl groups is 2. The Balaban J connectivity index is 0.000000194. The van der Waals surface area contributed by atoms with E-state index in [0.29, 0.717) is 5.92 Å². The van der Waals surface area contributed by atoms with E-state index in [1.807, 2.05) is 27.7 Å². The maximum atomic E-state index is 12.5. The Morgan fingerprint density at radius 3 is 1.66 bits per heavy atom. The molecule has 4 unspecified atom stereocenters. The van der Waals surface area contributed by atoms with Crippen LogP contribution in [0.5, 0.6) is 23.0 Å². The van der Waals surface area contributed by atoms with Crippen molar-refractivity contribution in [3.8, 4) is 23.0 Å². The molecule has 0 radical (unpaired) electrons. The van der Waals surface area contributed by atoms with E-state index >= 15 is 0 Å². The van der Waals surface area contributed by atoms with Gasteiger partial charge in [0.05, 0.1) is 38.3 Å². The third-order valence-electron chi connectivity index (χ3n) is 10.3. The Kier molecular flexibility index (Phi) is 11.4. The van der Waals surface area contributed by atoms with E-state index in [4.69, 9.17) is 18.9 Å². The number of hydrogen-bond acceptors (Lipinski definition) is 12. The lowest BCUT2D eigenvalue weighted by atomic mass is 9.85. The van der Waals surface area contributed by atoms with Crippen LogP contribution >= 0.6 is 0 Å². The van der Waals surface area contributed by atoms with Crippen molar-refractivity contribution in [1.29, 1.82) is 0 Å². The zero-order valence-corrected chi connectivity index (χ0v) is 29.4. The lowest BCUT2D eigenvalue weighted by Gasteiger charge is -2.29. The summed E-state index contributed by atoms with van der Waals surface area (Å²) in [7, 11) is 2.83. The first-order valence-electron chi connectivity index (χ1n) is 17.3. The molecule has 0 aromatic carbocycles. The van der Waals surface area contributed by atoms with E-state index in [2.05, 4.69) is 20.6 Å². The number of aromatic nitrogens is 2. The number of methoxy groups -OCH3 is 2. The molecule has 0 spiro atoms. The normalized spacial score (nSPS) is 27.4. The molecule has 0 aliphatic heterocycles. The van der Waals surface area contributed by atoms with E-state index in [9.17, 15) is 29.4 Å². The minimum Gasteiger partial charge on any atom is -0.503 e. The second-order valence-electron chi connectivity index (χ2n) is 14.2. The highest BCUT2D eigenvalue weighted by molar-refractivity contribution is 5.96. The Morgan fingerprint density at radius 1 is 0.680 bits per heavy atom. The van der Waals surface area contributed by atoms with Crippen LogP contribution in [-0.4, -0.2) is 82.4 Å². The van der Waals surface area contributed by atoms with Gasteiger partial charge in [-0.2, -0.15) is 0 Å². The largest absolute Gasteiger partial charge is 0.503 e. The van der Waals surface area contributed by atoms with Crippen molar-refractivity contribution >= 4 is 23.8 Å². The number of rotatable bonds is 10. The summed E-state index contributed by atoms with van der Waals surface area (Å²) in [6.07, 6.45) is 7.57. The molecule has 8 atom stereocenters. The lowest BCUT2D eigenvalue weighted by molar-refractivity contribution is -0.155. The molecular formula is C36H48N4O10. The molecule has 4 saturated carbocycles. The smallest absolute Gasteiger partial charge is 0.309 e. The Labute approximate surface area is 291 Å². The average molecular weight is 697 g/mol. The fraction of sp³-hybridized carbons (Fsp3) is 0.611. The highest BCUT2D eigenvalue weighted by Crippen LogP contribution is 2.50. The summed E-state index contributed by atoms with van der Waals surface area (Å²) in [5.74, 6) is -0.535. The van der Waals surface area contributed by atoms with Gasteiger partial charge in [-0.15, -0.1) is 0 Å². The zero-order valence-electron chi connectivity index (χ0n) is 29.4. The highest BCUT2D eigenvalue weighted by Gasteiger charge is 2.51. The maximum Gasteiger partial charge on any atom is 0.309 e. The summed E-state index contributed by atoms with van der Waals surface area (Å²) in [4.78, 5) is 57.3. The lowest BCUT2D eigenvalue weighted by Crippen LogP contribution is -2.43. The second kappa shape index (κ2) is 15.5. The number of carbonyl (C=O) groups is 4. The van der Waals surface area contributed by atoms with Gasteiger partial charge in [0.15, 0.2) is 34.4 Å². The van der Waals surface area contributed by atoms with Gasteiger partial charge in [0, 0.05) is 36.6 Å². The van der Waals surface area contributed by atoms with Gasteiger partial charge in [-0.05, 0) is 89.9 Å². The van der Waals surface area contributed by atoms with Crippen LogP contribution in [-0.2, 0) is 19.1 Å². The second-order valence-corrected chi connectivity index (χ2v) is 14.2. The minimum absolute atomic E-state index is 0.00648. The number of esters is 2. The molecule has 14 heteroatoms. The number of nitrogens with zero attached hydrogens (tertiary/aromatic N) is 2. The SMILES string of the molecule is COc1ccnc(C(=O)N[C@@H]2CC3CC2C[C@H]3C(=O)OC(C)C)c1O.COc1ccnc(C(=O)N[C@@H]2CC3CC2[C@@H](C(=O)OC(C)C)C3)c1O. The quantitative estimate of drug-likeness (QED) is 0.263. The van der Waals surface area contributed by atoms with Crippen molar-refractivity contribution in [1.82, 2.24) is 20.6 Å². The number of amides is 2. The number of carbonyl (C=O) groups excluding carboxylic acids is 4. The molecule has 2 aromatic rings. The predicted octanol–water partition coefficient (Wildman–Crippen LogP) is 3.78. The van der Waals surface area contributed by atoms with Gasteiger partial charge < -0.3 is 39.8 Å². The van der Waals surface area contributed by atoms with Crippen LogP contribution < -0.4 is 20.1 Å². The molecule has 14 nitrogen and oxygen atoms in total. The van der Waals surface area contributed by atoms with Crippen molar-refractivity contribution in [2.24, 2.45) is 35.5 Å². The summed E-state index contributed by atoms with van der Waals surface area (Å²) >= 11 is 0. The fourth-order valence-electron chi connectivity index (χ4n) is 8.18. The predicted molar refractivity (Wildman–Crippen MR) is 179 cm³/mol. The summed E-state index contributed by atoms with van der Waals surface area (Å²) in [5.41, 5.74) is -0.110. The maximum absolute atomic E-state index is 12.5. The summed E-state index contributed by atoms with van der Waals surface area (Å²) < 4.78 is 20.7. The molecular weight excluding hydrogens is 648 g/mol. The van der Waals surface area contributed by atoms with Crippen LogP contribution in [0.3, 0.4) is 0 Å². The minimum atomic E-state index is -0.454. The Bertz CT molecular complexity index is 1580. The standard InChI is InChI=1S/2C18H24N2O5/c1-9(2)25-18(23)12-7-11-6-10(12)8-13(11)20-17(22)15-16(21)14(24-3)4-5-19-15;1-9(2)25-18(23)12-7-10-6-11(12)13(8-10)20-17(22)15-16(21)14(24-3)4-5-19-15/h2*4-5,9-13,21H,6-8H2,1-3H3,(H,20,22)/t10?,11?,12-,13-;10?,11?,12-,13+/m10/s1. The number of pyridine rings is 2. The van der Waals surface area contributed by atoms with E-state index < -0.39 is 11.8 Å². The molecule has 2 aromatic heterocycles. The topological polar surface area (TPSA) is 195 Å². The molecule has 50 heavy (non-hydrogen) atoms. The first-order chi connectivity index (χ1) is 23.8. The molecule has 4 bridgehead atoms. The van der Waals surface area contributed by atoms with Gasteiger partial charge in [0.1, 0.15) is 0 Å². The molecule has 4 fully saturated rings. The van der Waals surface area contributed by atoms with Crippen LogP contribution in [0.2, 0.25) is 0 Å². The van der Waals surface area contributed by atoms with Gasteiger partial charge in [-0.3, -0.25) is 19.2 Å². The number of ether oxygens (including phenoxy) is 4. The first kappa shape index (κ1) is 36.7. The van der Waals surface area contributed by atoms with Crippen LogP contribution in [0.25, 0.3) is 0 Å². The van der Waals surface area contributed by atoms with Gasteiger partial charge in [-0.25, -0.2) is 9.97 Å². The first-order valence-corrected chi connectivity index (χ1v) is 17.3. The van der Waals surface area contributed by atoms with Gasteiger partial charge in [-0.1, -0.05) is 0 Å². The highest BCUT2D eigenvalue weighted by atomic mass is 16.5. The number of fused-ring (bicyclic) bond motifs is 4. The molecule has 2 amide bonds. The van der Waals surface area contributed by atoms with Crippen LogP contribution in [0.1, 0.15) is 87.2 Å². The Morgan fingerprint density at radius 2 is 1.20 bits per heavy atom. The van der Waals surface area contributed by atoms with Crippen molar-refractivity contribution in [3.63, 3.8) is 0 Å². The van der Waals surface area contributed by atoms with Crippen LogP contribution in [0.4, 0.5) is 0 Å². The van der Waals surface area contributed by atoms with Gasteiger partial charge in [0.2, 0.25) is 0 Å². The average Bonchev–Trinajstić information content (AvgIpc) is 3.86. The molecule has 4 N–H and O–H groups in total. The zero-order chi connectivity index (χ0) is 36.3. The molecule has 2 heterocycles. The Hall–Kier alpha value is -4.62. The van der Waals surface area contributed by atoms with Crippen LogP contribution in [0, 0.1) is 35.5 Å². The van der Waals surface area contributed by atoms with E-state index in [0.717, 1.165) is 38.5 Å². The summed E-state index contributed by atoms with van der Waals surface area (Å²) in [6, 6.07) is 2.87. The summed E-state index contributed by atoms with van der Waals surface area (Å²) in [5, 5.41) is 26.0. The number of nitrogens with one attached hydrogen (secondary N) is 2. The number of hydrogen-bond donors (Lipinski definition) is 4. The molecule has 272 valence electrons. The molecule has 4 aliphatic rings. The van der Waals surface area contributed by atoms with Gasteiger partial charge >= 0.3 is 11.9 Å². The van der Waals surface area contributed by atoms with Crippen LogP contribution in [0.15, 0.2) is 24.5 Å². The molecule has 4 aliphatic carbocycles. The van der Waals surface area contributed by atoms with Gasteiger partial charge in [0.25, 0.3) is 11.8 Å². The molecule has 0 saturated heterocycles. The van der Waals surface area contributed by atoms with Crippen molar-refractivity contribution < 1.29 is 48.3 Å². The summed E-state index contributed by atoms with van der Waals surface area (Å²) in [6.45, 7) is 7.37. The van der Waals surface area contributed by atoms with E-state index in [-0.39, 0.29) is 100 Å².